The second kappa shape index (κ2) is 6.92. The van der Waals surface area contributed by atoms with Gasteiger partial charge in [-0.3, -0.25) is 4.79 Å². The summed E-state index contributed by atoms with van der Waals surface area (Å²) in [5, 5.41) is 2.92. The molecule has 1 aliphatic carbocycles. The average Bonchev–Trinajstić information content (AvgIpc) is 2.81. The third-order valence-electron chi connectivity index (χ3n) is 3.77. The summed E-state index contributed by atoms with van der Waals surface area (Å²) in [7, 11) is 0. The van der Waals surface area contributed by atoms with E-state index in [-0.39, 0.29) is 5.91 Å². The lowest BCUT2D eigenvalue weighted by Crippen LogP contribution is -2.12. The third kappa shape index (κ3) is 3.30. The maximum absolute atomic E-state index is 12.5. The first-order valence-corrected chi connectivity index (χ1v) is 8.60. The highest BCUT2D eigenvalue weighted by Gasteiger charge is 2.17. The Morgan fingerprint density at radius 3 is 3.09 bits per heavy atom. The highest BCUT2D eigenvalue weighted by atomic mass is 32.1. The molecule has 0 bridgehead atoms. The molecule has 0 aromatic carbocycles. The molecule has 0 saturated carbocycles. The molecule has 3 rings (SSSR count). The minimum absolute atomic E-state index is 0.0768. The van der Waals surface area contributed by atoms with Crippen LogP contribution in [0.3, 0.4) is 0 Å². The van der Waals surface area contributed by atoms with Crippen LogP contribution in [0.15, 0.2) is 24.4 Å². The number of nitrogens with zero attached hydrogens (tertiary/aromatic N) is 1. The zero-order valence-corrected chi connectivity index (χ0v) is 13.5. The quantitative estimate of drug-likeness (QED) is 0.865. The van der Waals surface area contributed by atoms with Gasteiger partial charge in [-0.2, -0.15) is 0 Å². The molecule has 0 atom stereocenters. The van der Waals surface area contributed by atoms with Crippen LogP contribution < -0.4 is 10.1 Å². The van der Waals surface area contributed by atoms with Crippen molar-refractivity contribution >= 4 is 22.9 Å². The zero-order valence-electron chi connectivity index (χ0n) is 12.7. The topological polar surface area (TPSA) is 51.2 Å². The molecule has 0 fully saturated rings. The first kappa shape index (κ1) is 15.0. The van der Waals surface area contributed by atoms with Crippen molar-refractivity contribution in [2.24, 2.45) is 0 Å². The zero-order chi connectivity index (χ0) is 15.4. The van der Waals surface area contributed by atoms with Crippen LogP contribution >= 0.6 is 11.3 Å². The van der Waals surface area contributed by atoms with Crippen molar-refractivity contribution in [1.82, 2.24) is 4.98 Å². The van der Waals surface area contributed by atoms with E-state index >= 15 is 0 Å². The standard InChI is InChI=1S/C17H20N2O2S/c1-2-21-17-13(8-6-10-18-17)19-16(20)15-11-12-7-4-3-5-9-14(12)22-15/h6,8,10-11H,2-5,7,9H2,1H3,(H,19,20). The highest BCUT2D eigenvalue weighted by Crippen LogP contribution is 2.30. The van der Waals surface area contributed by atoms with Gasteiger partial charge in [0.2, 0.25) is 5.88 Å². The summed E-state index contributed by atoms with van der Waals surface area (Å²) in [4.78, 5) is 18.8. The summed E-state index contributed by atoms with van der Waals surface area (Å²) in [6.07, 6.45) is 7.60. The van der Waals surface area contributed by atoms with Gasteiger partial charge in [-0.05, 0) is 56.4 Å². The van der Waals surface area contributed by atoms with Crippen molar-refractivity contribution < 1.29 is 9.53 Å². The Morgan fingerprint density at radius 1 is 1.36 bits per heavy atom. The third-order valence-corrected chi connectivity index (χ3v) is 5.01. The number of aromatic nitrogens is 1. The van der Waals surface area contributed by atoms with E-state index in [9.17, 15) is 4.79 Å². The number of carbonyl (C=O) groups excluding carboxylic acids is 1. The van der Waals surface area contributed by atoms with Crippen LogP contribution in [0.1, 0.15) is 46.3 Å². The molecule has 22 heavy (non-hydrogen) atoms. The lowest BCUT2D eigenvalue weighted by Gasteiger charge is -2.09. The van der Waals surface area contributed by atoms with E-state index in [2.05, 4.69) is 16.4 Å². The van der Waals surface area contributed by atoms with Crippen LogP contribution in [0, 0.1) is 0 Å². The monoisotopic (exact) mass is 316 g/mol. The van der Waals surface area contributed by atoms with Crippen LogP contribution in [0.5, 0.6) is 5.88 Å². The first-order chi connectivity index (χ1) is 10.8. The fourth-order valence-corrected chi connectivity index (χ4v) is 3.85. The molecule has 2 aromatic heterocycles. The Bertz CT molecular complexity index is 643. The second-order valence-corrected chi connectivity index (χ2v) is 6.50. The van der Waals surface area contributed by atoms with Crippen molar-refractivity contribution in [1.29, 1.82) is 0 Å². The predicted octanol–water partition coefficient (Wildman–Crippen LogP) is 4.06. The second-order valence-electron chi connectivity index (χ2n) is 5.36. The van der Waals surface area contributed by atoms with Crippen LogP contribution in [0.4, 0.5) is 5.69 Å². The molecule has 4 nitrogen and oxygen atoms in total. The Morgan fingerprint density at radius 2 is 2.23 bits per heavy atom. The molecule has 1 N–H and O–H groups in total. The lowest BCUT2D eigenvalue weighted by molar-refractivity contribution is 0.103. The summed E-state index contributed by atoms with van der Waals surface area (Å²) in [5.74, 6) is 0.392. The number of hydrogen-bond acceptors (Lipinski definition) is 4. The predicted molar refractivity (Wildman–Crippen MR) is 88.9 cm³/mol. The van der Waals surface area contributed by atoms with E-state index in [1.807, 2.05) is 13.0 Å². The van der Waals surface area contributed by atoms with Crippen LogP contribution in [0.2, 0.25) is 0 Å². The summed E-state index contributed by atoms with van der Waals surface area (Å²) in [5.41, 5.74) is 1.97. The fraction of sp³-hybridized carbons (Fsp3) is 0.412. The van der Waals surface area contributed by atoms with E-state index in [1.165, 1.54) is 29.7 Å². The van der Waals surface area contributed by atoms with Crippen molar-refractivity contribution in [3.8, 4) is 5.88 Å². The molecule has 0 spiro atoms. The molecule has 0 saturated heterocycles. The Labute approximate surface area is 134 Å². The molecule has 1 amide bonds. The van der Waals surface area contributed by atoms with Crippen LogP contribution in [0.25, 0.3) is 0 Å². The van der Waals surface area contributed by atoms with E-state index in [0.717, 1.165) is 17.7 Å². The number of pyridine rings is 1. The molecular formula is C17H20N2O2S. The van der Waals surface area contributed by atoms with Gasteiger partial charge in [-0.1, -0.05) is 6.42 Å². The van der Waals surface area contributed by atoms with Crippen LogP contribution in [-0.2, 0) is 12.8 Å². The Kier molecular flexibility index (Phi) is 4.73. The molecular weight excluding hydrogens is 296 g/mol. The number of fused-ring (bicyclic) bond motifs is 1. The fourth-order valence-electron chi connectivity index (χ4n) is 2.70. The maximum atomic E-state index is 12.5. The molecule has 0 unspecified atom stereocenters. The smallest absolute Gasteiger partial charge is 0.265 e. The molecule has 1 aliphatic rings. The summed E-state index contributed by atoms with van der Waals surface area (Å²) in [6.45, 7) is 2.42. The normalized spacial score (nSPS) is 14.0. The van der Waals surface area contributed by atoms with E-state index in [0.29, 0.717) is 18.2 Å². The first-order valence-electron chi connectivity index (χ1n) is 7.78. The van der Waals surface area contributed by atoms with Crippen molar-refractivity contribution in [2.75, 3.05) is 11.9 Å². The molecule has 0 aliphatic heterocycles. The van der Waals surface area contributed by atoms with Gasteiger partial charge in [0.15, 0.2) is 0 Å². The number of carbonyl (C=O) groups is 1. The van der Waals surface area contributed by atoms with Gasteiger partial charge in [0, 0.05) is 11.1 Å². The van der Waals surface area contributed by atoms with E-state index < -0.39 is 0 Å². The lowest BCUT2D eigenvalue weighted by atomic mass is 10.1. The largest absolute Gasteiger partial charge is 0.476 e. The van der Waals surface area contributed by atoms with Crippen LogP contribution in [-0.4, -0.2) is 17.5 Å². The SMILES string of the molecule is CCOc1ncccc1NC(=O)c1cc2c(s1)CCCCC2. The van der Waals surface area contributed by atoms with Gasteiger partial charge in [-0.15, -0.1) is 11.3 Å². The van der Waals surface area contributed by atoms with Gasteiger partial charge in [0.05, 0.1) is 11.5 Å². The number of ether oxygens (including phenoxy) is 1. The van der Waals surface area contributed by atoms with Gasteiger partial charge in [0.25, 0.3) is 5.91 Å². The number of aryl methyl sites for hydroxylation is 2. The van der Waals surface area contributed by atoms with Gasteiger partial charge >= 0.3 is 0 Å². The van der Waals surface area contributed by atoms with Gasteiger partial charge in [-0.25, -0.2) is 4.98 Å². The number of thiophene rings is 1. The minimum Gasteiger partial charge on any atom is -0.476 e. The average molecular weight is 316 g/mol. The number of rotatable bonds is 4. The van der Waals surface area contributed by atoms with Gasteiger partial charge < -0.3 is 10.1 Å². The number of amides is 1. The van der Waals surface area contributed by atoms with Crippen molar-refractivity contribution in [2.45, 2.75) is 39.0 Å². The molecule has 5 heteroatoms. The molecule has 2 heterocycles. The maximum Gasteiger partial charge on any atom is 0.265 e. The number of nitrogens with one attached hydrogen (secondary N) is 1. The number of hydrogen-bond donors (Lipinski definition) is 1. The van der Waals surface area contributed by atoms with E-state index in [4.69, 9.17) is 4.74 Å². The highest BCUT2D eigenvalue weighted by molar-refractivity contribution is 7.14. The minimum atomic E-state index is -0.0768. The number of anilines is 1. The van der Waals surface area contributed by atoms with Crippen molar-refractivity contribution in [3.05, 3.63) is 39.7 Å². The Hall–Kier alpha value is -1.88. The summed E-state index contributed by atoms with van der Waals surface area (Å²) in [6, 6.07) is 5.66. The Balaban J connectivity index is 1.77. The van der Waals surface area contributed by atoms with Gasteiger partial charge in [0.1, 0.15) is 5.69 Å². The summed E-state index contributed by atoms with van der Waals surface area (Å²) < 4.78 is 5.45. The summed E-state index contributed by atoms with van der Waals surface area (Å²) >= 11 is 1.62. The van der Waals surface area contributed by atoms with Crippen molar-refractivity contribution in [3.63, 3.8) is 0 Å². The van der Waals surface area contributed by atoms with E-state index in [1.54, 1.807) is 23.6 Å². The molecule has 116 valence electrons. The molecule has 2 aromatic rings. The molecule has 0 radical (unpaired) electrons.